The molecule has 3 heterocycles. The van der Waals surface area contributed by atoms with Crippen LogP contribution in [0.5, 0.6) is 0 Å². The first-order valence-electron chi connectivity index (χ1n) is 8.13. The zero-order valence-electron chi connectivity index (χ0n) is 13.9. The van der Waals surface area contributed by atoms with E-state index in [4.69, 9.17) is 4.74 Å². The third-order valence-electron chi connectivity index (χ3n) is 3.95. The van der Waals surface area contributed by atoms with Crippen molar-refractivity contribution >= 4 is 33.7 Å². The number of aromatic nitrogens is 1. The third-order valence-corrected chi connectivity index (χ3v) is 5.67. The van der Waals surface area contributed by atoms with Crippen molar-refractivity contribution in [3.63, 3.8) is 0 Å². The van der Waals surface area contributed by atoms with Gasteiger partial charge in [0.25, 0.3) is 5.91 Å². The Labute approximate surface area is 157 Å². The quantitative estimate of drug-likeness (QED) is 0.737. The Hall–Kier alpha value is -1.49. The van der Waals surface area contributed by atoms with Crippen LogP contribution in [0.3, 0.4) is 0 Å². The molecular weight excluding hydrogens is 387 g/mol. The van der Waals surface area contributed by atoms with E-state index in [0.29, 0.717) is 31.1 Å². The number of hydrogen-bond donors (Lipinski definition) is 0. The van der Waals surface area contributed by atoms with Gasteiger partial charge >= 0.3 is 6.18 Å². The summed E-state index contributed by atoms with van der Waals surface area (Å²) in [7, 11) is 0. The molecule has 3 rings (SSSR count). The van der Waals surface area contributed by atoms with E-state index in [0.717, 1.165) is 36.4 Å². The van der Waals surface area contributed by atoms with Crippen LogP contribution in [0, 0.1) is 0 Å². The van der Waals surface area contributed by atoms with E-state index in [1.165, 1.54) is 16.2 Å². The van der Waals surface area contributed by atoms with E-state index in [1.54, 1.807) is 17.5 Å². The summed E-state index contributed by atoms with van der Waals surface area (Å²) in [6.45, 7) is 4.09. The molecule has 0 N–H and O–H groups in total. The summed E-state index contributed by atoms with van der Waals surface area (Å²) >= 11 is 2.11. The molecular formula is C16H18F3N3O2S2. The van der Waals surface area contributed by atoms with E-state index in [2.05, 4.69) is 9.88 Å². The van der Waals surface area contributed by atoms with Gasteiger partial charge in [-0.1, -0.05) is 6.07 Å². The number of carbonyl (C=O) groups excluding carboxylic acids is 1. The fourth-order valence-electron chi connectivity index (χ4n) is 2.61. The first kappa shape index (κ1) is 19.3. The van der Waals surface area contributed by atoms with Crippen molar-refractivity contribution in [3.8, 4) is 0 Å². The molecule has 2 aromatic rings. The van der Waals surface area contributed by atoms with Gasteiger partial charge in [0.15, 0.2) is 10.8 Å². The summed E-state index contributed by atoms with van der Waals surface area (Å²) in [4.78, 5) is 20.4. The number of halogens is 3. The van der Waals surface area contributed by atoms with Crippen LogP contribution in [0.15, 0.2) is 22.9 Å². The van der Waals surface area contributed by atoms with Gasteiger partial charge in [0, 0.05) is 31.6 Å². The summed E-state index contributed by atoms with van der Waals surface area (Å²) in [6, 6.07) is 3.41. The van der Waals surface area contributed by atoms with Gasteiger partial charge < -0.3 is 4.74 Å². The van der Waals surface area contributed by atoms with Gasteiger partial charge in [-0.15, -0.1) is 22.7 Å². The number of thiophene rings is 1. The number of rotatable bonds is 6. The molecule has 0 atom stereocenters. The second-order valence-corrected chi connectivity index (χ2v) is 7.54. The monoisotopic (exact) mass is 405 g/mol. The zero-order chi connectivity index (χ0) is 18.6. The van der Waals surface area contributed by atoms with E-state index in [9.17, 15) is 18.0 Å². The Kier molecular flexibility index (Phi) is 6.28. The maximum atomic E-state index is 12.9. The van der Waals surface area contributed by atoms with Crippen molar-refractivity contribution in [1.82, 2.24) is 9.88 Å². The van der Waals surface area contributed by atoms with Crippen molar-refractivity contribution < 1.29 is 22.7 Å². The molecule has 5 nitrogen and oxygen atoms in total. The minimum Gasteiger partial charge on any atom is -0.379 e. The van der Waals surface area contributed by atoms with Gasteiger partial charge in [-0.05, 0) is 17.9 Å². The fraction of sp³-hybridized carbons (Fsp3) is 0.500. The Morgan fingerprint density at radius 3 is 2.69 bits per heavy atom. The summed E-state index contributed by atoms with van der Waals surface area (Å²) in [5, 5.41) is 2.80. The summed E-state index contributed by atoms with van der Waals surface area (Å²) in [5.74, 6) is -0.315. The van der Waals surface area contributed by atoms with Gasteiger partial charge in [-0.3, -0.25) is 14.6 Å². The lowest BCUT2D eigenvalue weighted by Gasteiger charge is -2.27. The van der Waals surface area contributed by atoms with Crippen LogP contribution in [-0.4, -0.2) is 55.2 Å². The minimum atomic E-state index is -4.51. The number of thiazole rings is 1. The van der Waals surface area contributed by atoms with Gasteiger partial charge in [0.05, 0.1) is 18.1 Å². The third kappa shape index (κ3) is 4.81. The van der Waals surface area contributed by atoms with Crippen molar-refractivity contribution in [2.24, 2.45) is 0 Å². The van der Waals surface area contributed by atoms with E-state index in [-0.39, 0.29) is 11.0 Å². The van der Waals surface area contributed by atoms with Gasteiger partial charge in [-0.2, -0.15) is 13.2 Å². The first-order chi connectivity index (χ1) is 12.4. The summed E-state index contributed by atoms with van der Waals surface area (Å²) in [6.07, 6.45) is -3.86. The maximum Gasteiger partial charge on any atom is 0.434 e. The van der Waals surface area contributed by atoms with Crippen molar-refractivity contribution in [3.05, 3.63) is 33.5 Å². The van der Waals surface area contributed by atoms with Crippen molar-refractivity contribution in [1.29, 1.82) is 0 Å². The number of ether oxygens (including phenoxy) is 1. The number of alkyl halides is 3. The topological polar surface area (TPSA) is 45.7 Å². The van der Waals surface area contributed by atoms with Crippen LogP contribution >= 0.6 is 22.7 Å². The Balaban J connectivity index is 1.71. The van der Waals surface area contributed by atoms with Gasteiger partial charge in [-0.25, -0.2) is 4.98 Å². The van der Waals surface area contributed by atoms with Crippen molar-refractivity contribution in [2.45, 2.75) is 12.6 Å². The highest BCUT2D eigenvalue weighted by atomic mass is 32.1. The fourth-order valence-corrected chi connectivity index (χ4v) is 4.14. The van der Waals surface area contributed by atoms with Crippen molar-refractivity contribution in [2.75, 3.05) is 44.3 Å². The van der Waals surface area contributed by atoms with Crippen LogP contribution in [-0.2, 0) is 10.9 Å². The van der Waals surface area contributed by atoms with E-state index >= 15 is 0 Å². The number of carbonyl (C=O) groups is 1. The number of nitrogens with zero attached hydrogens (tertiary/aromatic N) is 3. The molecule has 26 heavy (non-hydrogen) atoms. The highest BCUT2D eigenvalue weighted by Gasteiger charge is 2.35. The summed E-state index contributed by atoms with van der Waals surface area (Å²) in [5.41, 5.74) is -0.963. The average molecular weight is 405 g/mol. The Morgan fingerprint density at radius 1 is 1.31 bits per heavy atom. The van der Waals surface area contributed by atoms with E-state index < -0.39 is 11.9 Å². The highest BCUT2D eigenvalue weighted by molar-refractivity contribution is 7.14. The molecule has 142 valence electrons. The Morgan fingerprint density at radius 2 is 2.08 bits per heavy atom. The lowest BCUT2D eigenvalue weighted by molar-refractivity contribution is -0.140. The van der Waals surface area contributed by atoms with Crippen LogP contribution in [0.2, 0.25) is 0 Å². The summed E-state index contributed by atoms with van der Waals surface area (Å²) < 4.78 is 43.9. The van der Waals surface area contributed by atoms with Crippen LogP contribution < -0.4 is 4.90 Å². The zero-order valence-corrected chi connectivity index (χ0v) is 15.5. The lowest BCUT2D eigenvalue weighted by atomic mass is 10.3. The molecule has 0 aliphatic carbocycles. The van der Waals surface area contributed by atoms with Gasteiger partial charge in [0.2, 0.25) is 0 Å². The average Bonchev–Trinajstić information content (AvgIpc) is 3.30. The van der Waals surface area contributed by atoms with E-state index in [1.807, 2.05) is 0 Å². The normalized spacial score (nSPS) is 16.0. The molecule has 0 spiro atoms. The highest BCUT2D eigenvalue weighted by Crippen LogP contribution is 2.33. The molecule has 1 aliphatic rings. The minimum absolute atomic E-state index is 0.0812. The molecule has 1 fully saturated rings. The molecule has 0 bridgehead atoms. The number of amides is 1. The molecule has 0 saturated carbocycles. The second-order valence-electron chi connectivity index (χ2n) is 5.75. The van der Waals surface area contributed by atoms with Crippen LogP contribution in [0.1, 0.15) is 21.8 Å². The molecule has 1 aliphatic heterocycles. The maximum absolute atomic E-state index is 12.9. The molecule has 1 amide bonds. The Bertz CT molecular complexity index is 713. The molecule has 0 aromatic carbocycles. The predicted octanol–water partition coefficient (Wildman–Crippen LogP) is 3.59. The molecule has 0 unspecified atom stereocenters. The number of hydrogen-bond acceptors (Lipinski definition) is 6. The van der Waals surface area contributed by atoms with Gasteiger partial charge in [0.1, 0.15) is 0 Å². The first-order valence-corrected chi connectivity index (χ1v) is 9.89. The predicted molar refractivity (Wildman–Crippen MR) is 95.0 cm³/mol. The molecule has 0 radical (unpaired) electrons. The lowest BCUT2D eigenvalue weighted by Crippen LogP contribution is -2.39. The second kappa shape index (κ2) is 8.47. The SMILES string of the molecule is O=C(c1cccs1)N(CCCN1CCOCC1)c1nc(C(F)(F)F)cs1. The number of anilines is 1. The number of morpholine rings is 1. The molecule has 2 aromatic heterocycles. The molecule has 1 saturated heterocycles. The largest absolute Gasteiger partial charge is 0.434 e. The van der Waals surface area contributed by atoms with Crippen LogP contribution in [0.4, 0.5) is 18.3 Å². The smallest absolute Gasteiger partial charge is 0.379 e. The standard InChI is InChI=1S/C16H18F3N3O2S2/c17-16(18,19)13-11-26-15(20-13)22(14(23)12-3-1-10-25-12)5-2-4-21-6-8-24-9-7-21/h1,3,10-11H,2,4-9H2. The molecule has 10 heteroatoms. The van der Waals surface area contributed by atoms with Crippen LogP contribution in [0.25, 0.3) is 0 Å².